The Kier molecular flexibility index (Phi) is 3.45. The molecule has 7 nitrogen and oxygen atoms in total. The lowest BCUT2D eigenvalue weighted by Gasteiger charge is -2.24. The van der Waals surface area contributed by atoms with E-state index in [0.717, 1.165) is 42.4 Å². The summed E-state index contributed by atoms with van der Waals surface area (Å²) in [6, 6.07) is 2.61. The maximum atomic E-state index is 5.98. The van der Waals surface area contributed by atoms with Gasteiger partial charge >= 0.3 is 0 Å². The van der Waals surface area contributed by atoms with E-state index in [2.05, 4.69) is 25.3 Å². The number of anilines is 2. The van der Waals surface area contributed by atoms with Gasteiger partial charge in [0.05, 0.1) is 11.4 Å². The normalized spacial score (nSPS) is 24.0. The van der Waals surface area contributed by atoms with Gasteiger partial charge in [-0.25, -0.2) is 4.98 Å². The van der Waals surface area contributed by atoms with Gasteiger partial charge in [0, 0.05) is 44.0 Å². The molecular weight excluding hydrogens is 290 g/mol. The summed E-state index contributed by atoms with van der Waals surface area (Å²) >= 11 is 0. The van der Waals surface area contributed by atoms with Crippen LogP contribution in [-0.4, -0.2) is 45.4 Å². The number of aromatic nitrogens is 4. The van der Waals surface area contributed by atoms with Crippen molar-refractivity contribution >= 4 is 11.8 Å². The molecule has 2 aliphatic rings. The summed E-state index contributed by atoms with van der Waals surface area (Å²) in [7, 11) is 1.92. The summed E-state index contributed by atoms with van der Waals surface area (Å²) in [5.41, 5.74) is 8.79. The molecule has 2 aromatic rings. The van der Waals surface area contributed by atoms with Crippen molar-refractivity contribution in [3.63, 3.8) is 0 Å². The molecule has 0 amide bonds. The first-order valence-electron chi connectivity index (χ1n) is 8.23. The molecule has 2 aliphatic heterocycles. The van der Waals surface area contributed by atoms with Crippen LogP contribution in [0.3, 0.4) is 0 Å². The Morgan fingerprint density at radius 1 is 1.30 bits per heavy atom. The van der Waals surface area contributed by atoms with Crippen molar-refractivity contribution in [2.24, 2.45) is 13.0 Å². The zero-order valence-electron chi connectivity index (χ0n) is 13.7. The summed E-state index contributed by atoms with van der Waals surface area (Å²) < 4.78 is 1.80. The van der Waals surface area contributed by atoms with Crippen molar-refractivity contribution in [1.82, 2.24) is 25.1 Å². The molecular formula is C16H23N7. The van der Waals surface area contributed by atoms with E-state index in [-0.39, 0.29) is 0 Å². The van der Waals surface area contributed by atoms with Crippen LogP contribution < -0.4 is 16.0 Å². The molecule has 4 heterocycles. The molecule has 0 saturated carbocycles. The maximum Gasteiger partial charge on any atom is 0.222 e. The van der Waals surface area contributed by atoms with E-state index in [1.165, 1.54) is 12.8 Å². The molecule has 2 unspecified atom stereocenters. The Morgan fingerprint density at radius 2 is 2.17 bits per heavy atom. The van der Waals surface area contributed by atoms with Crippen molar-refractivity contribution < 1.29 is 0 Å². The number of hydrogen-bond acceptors (Lipinski definition) is 6. The SMILES string of the molecule is Cc1nn(C)cc1-c1cc(N2CC3CCCNC3C2)nc(N)n1. The third kappa shape index (κ3) is 2.65. The zero-order chi connectivity index (χ0) is 16.0. The zero-order valence-corrected chi connectivity index (χ0v) is 13.7. The van der Waals surface area contributed by atoms with Gasteiger partial charge in [-0.05, 0) is 32.2 Å². The van der Waals surface area contributed by atoms with Crippen LogP contribution in [0.1, 0.15) is 18.5 Å². The molecule has 7 heteroatoms. The molecule has 2 aromatic heterocycles. The number of rotatable bonds is 2. The number of nitrogens with zero attached hydrogens (tertiary/aromatic N) is 5. The van der Waals surface area contributed by atoms with Gasteiger partial charge in [0.2, 0.25) is 5.95 Å². The average Bonchev–Trinajstić information content (AvgIpc) is 3.09. The number of nitrogen functional groups attached to an aromatic ring is 1. The highest BCUT2D eigenvalue weighted by Gasteiger charge is 2.35. The number of nitrogens with one attached hydrogen (secondary N) is 1. The lowest BCUT2D eigenvalue weighted by atomic mass is 9.94. The van der Waals surface area contributed by atoms with Gasteiger partial charge < -0.3 is 16.0 Å². The van der Waals surface area contributed by atoms with Crippen molar-refractivity contribution in [2.45, 2.75) is 25.8 Å². The number of nitrogens with two attached hydrogens (primary N) is 1. The number of hydrogen-bond donors (Lipinski definition) is 2. The van der Waals surface area contributed by atoms with E-state index in [4.69, 9.17) is 5.73 Å². The van der Waals surface area contributed by atoms with E-state index in [9.17, 15) is 0 Å². The van der Waals surface area contributed by atoms with Gasteiger partial charge in [-0.1, -0.05) is 0 Å². The van der Waals surface area contributed by atoms with E-state index >= 15 is 0 Å². The maximum absolute atomic E-state index is 5.98. The third-order valence-electron chi connectivity index (χ3n) is 4.94. The Labute approximate surface area is 135 Å². The van der Waals surface area contributed by atoms with Crippen LogP contribution in [0.15, 0.2) is 12.3 Å². The van der Waals surface area contributed by atoms with E-state index in [1.54, 1.807) is 4.68 Å². The highest BCUT2D eigenvalue weighted by atomic mass is 15.3. The predicted octanol–water partition coefficient (Wildman–Crippen LogP) is 0.956. The van der Waals surface area contributed by atoms with Gasteiger partial charge in [0.25, 0.3) is 0 Å². The van der Waals surface area contributed by atoms with Crippen molar-refractivity contribution in [3.05, 3.63) is 18.0 Å². The number of fused-ring (bicyclic) bond motifs is 1. The fourth-order valence-corrected chi connectivity index (χ4v) is 3.84. The van der Waals surface area contributed by atoms with E-state index in [0.29, 0.717) is 17.9 Å². The molecule has 122 valence electrons. The molecule has 3 N–H and O–H groups in total. The van der Waals surface area contributed by atoms with Crippen LogP contribution in [0, 0.1) is 12.8 Å². The molecule has 2 saturated heterocycles. The summed E-state index contributed by atoms with van der Waals surface area (Å²) in [5, 5.41) is 8.02. The lowest BCUT2D eigenvalue weighted by Crippen LogP contribution is -2.40. The molecule has 0 aromatic carbocycles. The minimum Gasteiger partial charge on any atom is -0.368 e. The molecule has 2 atom stereocenters. The standard InChI is InChI=1S/C16H23N7/c1-10-12(8-22(2)21-10)13-6-15(20-16(17)19-13)23-7-11-4-3-5-18-14(11)9-23/h6,8,11,14,18H,3-5,7,9H2,1-2H3,(H2,17,19,20). The number of piperidine rings is 1. The quantitative estimate of drug-likeness (QED) is 0.859. The van der Waals surface area contributed by atoms with Gasteiger partial charge in [-0.15, -0.1) is 0 Å². The summed E-state index contributed by atoms with van der Waals surface area (Å²) in [6.07, 6.45) is 4.54. The largest absolute Gasteiger partial charge is 0.368 e. The lowest BCUT2D eigenvalue weighted by molar-refractivity contribution is 0.340. The van der Waals surface area contributed by atoms with Crippen LogP contribution in [0.25, 0.3) is 11.3 Å². The second kappa shape index (κ2) is 5.49. The molecule has 0 bridgehead atoms. The Bertz CT molecular complexity index is 709. The van der Waals surface area contributed by atoms with Crippen LogP contribution in [0.4, 0.5) is 11.8 Å². The van der Waals surface area contributed by atoms with Crippen molar-refractivity contribution in [2.75, 3.05) is 30.3 Å². The molecule has 0 spiro atoms. The van der Waals surface area contributed by atoms with Crippen LogP contribution in [0.2, 0.25) is 0 Å². The van der Waals surface area contributed by atoms with Crippen LogP contribution in [-0.2, 0) is 7.05 Å². The van der Waals surface area contributed by atoms with Crippen molar-refractivity contribution in [3.8, 4) is 11.3 Å². The smallest absolute Gasteiger partial charge is 0.222 e. The minimum absolute atomic E-state index is 0.323. The summed E-state index contributed by atoms with van der Waals surface area (Å²) in [6.45, 7) is 5.15. The highest BCUT2D eigenvalue weighted by Crippen LogP contribution is 2.30. The van der Waals surface area contributed by atoms with Crippen LogP contribution >= 0.6 is 0 Å². The third-order valence-corrected chi connectivity index (χ3v) is 4.94. The molecule has 4 rings (SSSR count). The summed E-state index contributed by atoms with van der Waals surface area (Å²) in [5.74, 6) is 1.96. The monoisotopic (exact) mass is 313 g/mol. The van der Waals surface area contributed by atoms with Gasteiger partial charge in [-0.2, -0.15) is 10.1 Å². The molecule has 23 heavy (non-hydrogen) atoms. The molecule has 0 radical (unpaired) electrons. The number of aryl methyl sites for hydroxylation is 2. The summed E-state index contributed by atoms with van der Waals surface area (Å²) in [4.78, 5) is 11.2. The second-order valence-electron chi connectivity index (χ2n) is 6.64. The van der Waals surface area contributed by atoms with E-state index < -0.39 is 0 Å². The fourth-order valence-electron chi connectivity index (χ4n) is 3.84. The van der Waals surface area contributed by atoms with Crippen LogP contribution in [0.5, 0.6) is 0 Å². The predicted molar refractivity (Wildman–Crippen MR) is 90.1 cm³/mol. The highest BCUT2D eigenvalue weighted by molar-refractivity contribution is 5.66. The van der Waals surface area contributed by atoms with Crippen molar-refractivity contribution in [1.29, 1.82) is 0 Å². The fraction of sp³-hybridized carbons (Fsp3) is 0.562. The second-order valence-corrected chi connectivity index (χ2v) is 6.64. The Morgan fingerprint density at radius 3 is 2.91 bits per heavy atom. The first-order valence-corrected chi connectivity index (χ1v) is 8.23. The first-order chi connectivity index (χ1) is 11.1. The average molecular weight is 313 g/mol. The van der Waals surface area contributed by atoms with Gasteiger partial charge in [-0.3, -0.25) is 4.68 Å². The Hall–Kier alpha value is -2.15. The minimum atomic E-state index is 0.323. The molecule has 2 fully saturated rings. The topological polar surface area (TPSA) is 84.9 Å². The molecule has 0 aliphatic carbocycles. The van der Waals surface area contributed by atoms with Gasteiger partial charge in [0.15, 0.2) is 0 Å². The first kappa shape index (κ1) is 14.4. The Balaban J connectivity index is 1.66. The van der Waals surface area contributed by atoms with E-state index in [1.807, 2.05) is 26.2 Å². The van der Waals surface area contributed by atoms with Gasteiger partial charge in [0.1, 0.15) is 5.82 Å².